The van der Waals surface area contributed by atoms with E-state index in [9.17, 15) is 20.2 Å². The highest BCUT2D eigenvalue weighted by molar-refractivity contribution is 9.10. The number of rotatable bonds is 12. The Labute approximate surface area is 290 Å². The lowest BCUT2D eigenvalue weighted by atomic mass is 9.90. The molecular formula is C34H50Br2N4O6. The van der Waals surface area contributed by atoms with E-state index in [0.29, 0.717) is 36.1 Å². The standard InChI is InChI=1S/2C17H25BrN2O3/c2*1-12(2)11-19(14-5-7-15(23-3)8-6-14)16-9-4-13(18)10-17(16)20(21)22/h2*4,9-10,12,14-15H,5-8,11H2,1-3H3. The molecular weight excluding hydrogens is 720 g/mol. The maximum Gasteiger partial charge on any atom is 0.293 e. The molecule has 0 unspecified atom stereocenters. The van der Waals surface area contributed by atoms with Crippen molar-refractivity contribution in [2.24, 2.45) is 11.8 Å². The van der Waals surface area contributed by atoms with Crippen LogP contribution < -0.4 is 9.80 Å². The molecule has 0 radical (unpaired) electrons. The highest BCUT2D eigenvalue weighted by Gasteiger charge is 2.31. The second-order valence-corrected chi connectivity index (χ2v) is 15.0. The predicted octanol–water partition coefficient (Wildman–Crippen LogP) is 9.55. The van der Waals surface area contributed by atoms with Crippen molar-refractivity contribution in [3.63, 3.8) is 0 Å². The van der Waals surface area contributed by atoms with Crippen LogP contribution in [0.5, 0.6) is 0 Å². The number of methoxy groups -OCH3 is 2. The molecule has 4 rings (SSSR count). The minimum atomic E-state index is -0.284. The highest BCUT2D eigenvalue weighted by atomic mass is 79.9. The van der Waals surface area contributed by atoms with Gasteiger partial charge in [0.2, 0.25) is 0 Å². The van der Waals surface area contributed by atoms with Gasteiger partial charge in [-0.25, -0.2) is 0 Å². The van der Waals surface area contributed by atoms with E-state index >= 15 is 0 Å². The van der Waals surface area contributed by atoms with E-state index in [1.807, 2.05) is 24.3 Å². The summed E-state index contributed by atoms with van der Waals surface area (Å²) in [5, 5.41) is 23.0. The van der Waals surface area contributed by atoms with Crippen molar-refractivity contribution in [3.8, 4) is 0 Å². The summed E-state index contributed by atoms with van der Waals surface area (Å²) in [5.74, 6) is 0.886. The normalized spacial score (nSPS) is 21.4. The van der Waals surface area contributed by atoms with Gasteiger partial charge in [0, 0.05) is 60.5 Å². The molecule has 0 heterocycles. The molecule has 2 fully saturated rings. The molecule has 0 amide bonds. The van der Waals surface area contributed by atoms with Crippen molar-refractivity contribution in [1.29, 1.82) is 0 Å². The van der Waals surface area contributed by atoms with Crippen LogP contribution in [-0.4, -0.2) is 61.4 Å². The van der Waals surface area contributed by atoms with Crippen LogP contribution in [0, 0.1) is 32.1 Å². The number of hydrogen-bond acceptors (Lipinski definition) is 8. The third-order valence-corrected chi connectivity index (χ3v) is 9.83. The zero-order valence-electron chi connectivity index (χ0n) is 28.0. The minimum Gasteiger partial charge on any atom is -0.381 e. The largest absolute Gasteiger partial charge is 0.381 e. The van der Waals surface area contributed by atoms with Crippen molar-refractivity contribution < 1.29 is 19.3 Å². The summed E-state index contributed by atoms with van der Waals surface area (Å²) in [6.07, 6.45) is 8.76. The van der Waals surface area contributed by atoms with Gasteiger partial charge in [-0.15, -0.1) is 0 Å². The quantitative estimate of drug-likeness (QED) is 0.155. The molecule has 10 nitrogen and oxygen atoms in total. The summed E-state index contributed by atoms with van der Waals surface area (Å²) >= 11 is 6.68. The molecule has 0 aromatic heterocycles. The smallest absolute Gasteiger partial charge is 0.293 e. The van der Waals surface area contributed by atoms with Crippen LogP contribution in [-0.2, 0) is 9.47 Å². The van der Waals surface area contributed by atoms with E-state index in [-0.39, 0.29) is 21.2 Å². The molecule has 0 atom stereocenters. The van der Waals surface area contributed by atoms with Crippen molar-refractivity contribution in [1.82, 2.24) is 0 Å². The number of benzene rings is 2. The Morgan fingerprint density at radius 2 is 1.00 bits per heavy atom. The number of halogens is 2. The number of ether oxygens (including phenoxy) is 2. The van der Waals surface area contributed by atoms with Gasteiger partial charge in [0.1, 0.15) is 11.4 Å². The van der Waals surface area contributed by atoms with Gasteiger partial charge >= 0.3 is 0 Å². The number of nitro groups is 2. The van der Waals surface area contributed by atoms with Crippen LogP contribution in [0.3, 0.4) is 0 Å². The molecule has 46 heavy (non-hydrogen) atoms. The van der Waals surface area contributed by atoms with Gasteiger partial charge in [-0.3, -0.25) is 20.2 Å². The molecule has 2 aromatic carbocycles. The molecule has 0 spiro atoms. The van der Waals surface area contributed by atoms with Crippen molar-refractivity contribution in [3.05, 3.63) is 65.6 Å². The minimum absolute atomic E-state index is 0.175. The molecule has 0 N–H and O–H groups in total. The predicted molar refractivity (Wildman–Crippen MR) is 192 cm³/mol. The molecule has 12 heteroatoms. The average molecular weight is 771 g/mol. The average Bonchev–Trinajstić information content (AvgIpc) is 3.03. The second-order valence-electron chi connectivity index (χ2n) is 13.2. The van der Waals surface area contributed by atoms with Crippen LogP contribution >= 0.6 is 31.9 Å². The second kappa shape index (κ2) is 18.3. The van der Waals surface area contributed by atoms with Crippen LogP contribution in [0.1, 0.15) is 79.1 Å². The Morgan fingerprint density at radius 1 is 0.674 bits per heavy atom. The fourth-order valence-corrected chi connectivity index (χ4v) is 7.33. The summed E-state index contributed by atoms with van der Waals surface area (Å²) in [6.45, 7) is 10.3. The van der Waals surface area contributed by atoms with E-state index in [1.165, 1.54) is 0 Å². The summed E-state index contributed by atoms with van der Waals surface area (Å²) in [7, 11) is 3.52. The number of hydrogen-bond donors (Lipinski definition) is 0. The van der Waals surface area contributed by atoms with Crippen LogP contribution in [0.15, 0.2) is 45.3 Å². The van der Waals surface area contributed by atoms with Gasteiger partial charge in [0.25, 0.3) is 11.4 Å². The Bertz CT molecular complexity index is 1180. The molecule has 2 aliphatic rings. The first-order valence-electron chi connectivity index (χ1n) is 16.3. The SMILES string of the molecule is COC1CCC(N(CC(C)C)c2ccc(Br)cc2[N+](=O)[O-])CC1.COC1CCC(N(CC(C)C)c2ccc(Br)cc2[N+](=O)[O-])CC1. The Morgan fingerprint density at radius 3 is 1.26 bits per heavy atom. The highest BCUT2D eigenvalue weighted by Crippen LogP contribution is 2.38. The molecule has 0 aliphatic heterocycles. The molecule has 0 bridgehead atoms. The van der Waals surface area contributed by atoms with Gasteiger partial charge in [-0.2, -0.15) is 0 Å². The zero-order valence-corrected chi connectivity index (χ0v) is 31.2. The van der Waals surface area contributed by atoms with E-state index in [2.05, 4.69) is 69.4 Å². The molecule has 2 aromatic rings. The Kier molecular flexibility index (Phi) is 15.2. The summed E-state index contributed by atoms with van der Waals surface area (Å²) in [5.41, 5.74) is 1.81. The first-order chi connectivity index (χ1) is 21.8. The van der Waals surface area contributed by atoms with E-state index in [1.54, 1.807) is 26.4 Å². The Balaban J connectivity index is 0.000000250. The van der Waals surface area contributed by atoms with E-state index in [0.717, 1.165) is 84.8 Å². The number of nitrogens with zero attached hydrogens (tertiary/aromatic N) is 4. The van der Waals surface area contributed by atoms with Gasteiger partial charge in [0.05, 0.1) is 22.1 Å². The third-order valence-electron chi connectivity index (χ3n) is 8.85. The van der Waals surface area contributed by atoms with Gasteiger partial charge in [0.15, 0.2) is 0 Å². The fourth-order valence-electron chi connectivity index (χ4n) is 6.63. The van der Waals surface area contributed by atoms with Crippen LogP contribution in [0.25, 0.3) is 0 Å². The molecule has 2 saturated carbocycles. The lowest BCUT2D eigenvalue weighted by Crippen LogP contribution is -2.41. The maximum atomic E-state index is 11.5. The first-order valence-corrected chi connectivity index (χ1v) is 17.9. The maximum absolute atomic E-state index is 11.5. The van der Waals surface area contributed by atoms with Crippen LogP contribution in [0.4, 0.5) is 22.7 Å². The molecule has 0 saturated heterocycles. The topological polar surface area (TPSA) is 111 Å². The lowest BCUT2D eigenvalue weighted by Gasteiger charge is -2.38. The van der Waals surface area contributed by atoms with Gasteiger partial charge in [-0.05, 0) is 87.5 Å². The van der Waals surface area contributed by atoms with Crippen molar-refractivity contribution in [2.45, 2.75) is 103 Å². The van der Waals surface area contributed by atoms with Gasteiger partial charge in [-0.1, -0.05) is 59.6 Å². The number of nitro benzene ring substituents is 2. The van der Waals surface area contributed by atoms with Gasteiger partial charge < -0.3 is 19.3 Å². The number of anilines is 2. The van der Waals surface area contributed by atoms with E-state index in [4.69, 9.17) is 9.47 Å². The molecule has 256 valence electrons. The van der Waals surface area contributed by atoms with Crippen molar-refractivity contribution >= 4 is 54.6 Å². The third kappa shape index (κ3) is 10.9. The van der Waals surface area contributed by atoms with Crippen LogP contribution in [0.2, 0.25) is 0 Å². The lowest BCUT2D eigenvalue weighted by molar-refractivity contribution is -0.384. The Hall–Kier alpha value is -2.28. The van der Waals surface area contributed by atoms with E-state index < -0.39 is 0 Å². The molecule has 2 aliphatic carbocycles. The monoisotopic (exact) mass is 768 g/mol. The first kappa shape index (κ1) is 38.2. The summed E-state index contributed by atoms with van der Waals surface area (Å²) in [6, 6.07) is 11.4. The summed E-state index contributed by atoms with van der Waals surface area (Å²) in [4.78, 5) is 26.9. The zero-order chi connectivity index (χ0) is 34.0. The fraction of sp³-hybridized carbons (Fsp3) is 0.647. The van der Waals surface area contributed by atoms with Crippen molar-refractivity contribution in [2.75, 3.05) is 37.1 Å². The summed E-state index contributed by atoms with van der Waals surface area (Å²) < 4.78 is 12.4.